The van der Waals surface area contributed by atoms with Gasteiger partial charge in [-0.05, 0) is 45.0 Å². The summed E-state index contributed by atoms with van der Waals surface area (Å²) in [5.74, 6) is 0.355. The second kappa shape index (κ2) is 16.2. The first-order valence-corrected chi connectivity index (χ1v) is 18.8. The van der Waals surface area contributed by atoms with Crippen molar-refractivity contribution < 1.29 is 28.2 Å². The molecule has 1 aliphatic rings. The predicted molar refractivity (Wildman–Crippen MR) is 184 cm³/mol. The van der Waals surface area contributed by atoms with Crippen LogP contribution in [0.15, 0.2) is 84.9 Å². The summed E-state index contributed by atoms with van der Waals surface area (Å²) in [6.07, 6.45) is -1.43. The van der Waals surface area contributed by atoms with Gasteiger partial charge in [-0.3, -0.25) is 4.79 Å². The van der Waals surface area contributed by atoms with Gasteiger partial charge in [-0.1, -0.05) is 123 Å². The van der Waals surface area contributed by atoms with E-state index >= 15 is 0 Å². The number of benzene rings is 3. The molecule has 0 saturated carbocycles. The fraction of sp³-hybridized carbons (Fsp3) is 0.457. The molecule has 0 aliphatic carbocycles. The summed E-state index contributed by atoms with van der Waals surface area (Å²) in [6, 6.07) is 28.9. The molecular weight excluding hydrogens is 671 g/mol. The molecule has 1 saturated heterocycles. The third kappa shape index (κ3) is 8.48. The molecular formula is C35H47IO6Si. The number of alkyl halides is 1. The molecule has 1 fully saturated rings. The molecule has 8 heteroatoms. The number of esters is 1. The van der Waals surface area contributed by atoms with Crippen LogP contribution in [0.1, 0.15) is 47.1 Å². The van der Waals surface area contributed by atoms with Crippen molar-refractivity contribution in [2.24, 2.45) is 5.92 Å². The van der Waals surface area contributed by atoms with E-state index in [0.717, 1.165) is 11.3 Å². The van der Waals surface area contributed by atoms with Gasteiger partial charge in [0.1, 0.15) is 18.0 Å². The second-order valence-corrected chi connectivity index (χ2v) is 16.2. The first-order valence-electron chi connectivity index (χ1n) is 14.8. The Balaban J connectivity index is 0.00000248. The Morgan fingerprint density at radius 2 is 1.40 bits per heavy atom. The van der Waals surface area contributed by atoms with E-state index in [2.05, 4.69) is 98.8 Å². The summed E-state index contributed by atoms with van der Waals surface area (Å²) < 4.78 is 31.3. The molecule has 4 rings (SSSR count). The fourth-order valence-electron chi connectivity index (χ4n) is 6.06. The number of rotatable bonds is 10. The smallest absolute Gasteiger partial charge is 0.303 e. The maximum absolute atomic E-state index is 12.3. The standard InChI is InChI=1S/C34H44O6Si.CH3I/c1-24-32(37-22-27-18-20-28(36-7)21-19-27)25(2)39-31(33(24)40-26(3)35)23-38-41(34(4,5)6,29-14-10-8-11-15-29)30-16-12-9-13-17-30;1-2/h8-21,24-25,31-33H,22-23H2,1-7H3;1H3/t24?,25-,31?,32?,33-;/m0./s1. The minimum absolute atomic E-state index is 0.103. The van der Waals surface area contributed by atoms with Crippen molar-refractivity contribution in [3.05, 3.63) is 90.5 Å². The zero-order valence-electron chi connectivity index (χ0n) is 26.7. The molecule has 234 valence electrons. The van der Waals surface area contributed by atoms with Crippen LogP contribution < -0.4 is 15.1 Å². The topological polar surface area (TPSA) is 63.2 Å². The van der Waals surface area contributed by atoms with Gasteiger partial charge in [0.15, 0.2) is 0 Å². The summed E-state index contributed by atoms with van der Waals surface area (Å²) in [5, 5.41) is 2.21. The van der Waals surface area contributed by atoms with E-state index in [9.17, 15) is 4.79 Å². The summed E-state index contributed by atoms with van der Waals surface area (Å²) in [7, 11) is -1.14. The van der Waals surface area contributed by atoms with Crippen LogP contribution in [0.4, 0.5) is 0 Å². The number of hydrogen-bond acceptors (Lipinski definition) is 6. The van der Waals surface area contributed by atoms with Gasteiger partial charge in [0.05, 0.1) is 32.5 Å². The quantitative estimate of drug-likeness (QED) is 0.103. The van der Waals surface area contributed by atoms with Gasteiger partial charge in [-0.25, -0.2) is 0 Å². The number of ether oxygens (including phenoxy) is 4. The van der Waals surface area contributed by atoms with E-state index < -0.39 is 20.5 Å². The minimum atomic E-state index is -2.79. The molecule has 3 unspecified atom stereocenters. The van der Waals surface area contributed by atoms with Crippen molar-refractivity contribution in [2.75, 3.05) is 18.6 Å². The van der Waals surface area contributed by atoms with E-state index in [4.69, 9.17) is 23.4 Å². The van der Waals surface area contributed by atoms with Crippen LogP contribution in [-0.4, -0.2) is 57.3 Å². The van der Waals surface area contributed by atoms with Gasteiger partial charge in [0.25, 0.3) is 8.32 Å². The molecule has 0 N–H and O–H groups in total. The maximum atomic E-state index is 12.3. The summed E-state index contributed by atoms with van der Waals surface area (Å²) in [4.78, 5) is 14.2. The summed E-state index contributed by atoms with van der Waals surface area (Å²) >= 11 is 2.15. The SMILES string of the molecule is CI.COc1ccc(COC2C(C)[C@H](OC(C)=O)C(CO[Si](c3ccccc3)(c3ccccc3)C(C)(C)C)O[C@H]2C)cc1. The van der Waals surface area contributed by atoms with Crippen molar-refractivity contribution in [2.45, 2.75) is 77.6 Å². The minimum Gasteiger partial charge on any atom is -0.497 e. The van der Waals surface area contributed by atoms with Crippen LogP contribution in [-0.2, 0) is 30.0 Å². The maximum Gasteiger partial charge on any atom is 0.303 e. The molecule has 5 atom stereocenters. The van der Waals surface area contributed by atoms with Crippen LogP contribution in [0.3, 0.4) is 0 Å². The lowest BCUT2D eigenvalue weighted by Crippen LogP contribution is -2.68. The van der Waals surface area contributed by atoms with E-state index in [1.165, 1.54) is 17.3 Å². The Morgan fingerprint density at radius 3 is 1.86 bits per heavy atom. The molecule has 0 radical (unpaired) electrons. The number of carbonyl (C=O) groups excluding carboxylic acids is 1. The molecule has 1 heterocycles. The number of methoxy groups -OCH3 is 1. The lowest BCUT2D eigenvalue weighted by molar-refractivity contribution is -0.225. The van der Waals surface area contributed by atoms with E-state index in [-0.39, 0.29) is 29.1 Å². The lowest BCUT2D eigenvalue weighted by atomic mass is 9.87. The summed E-state index contributed by atoms with van der Waals surface area (Å²) in [6.45, 7) is 13.0. The number of halogens is 1. The molecule has 0 aromatic heterocycles. The van der Waals surface area contributed by atoms with Crippen LogP contribution in [0.2, 0.25) is 5.04 Å². The van der Waals surface area contributed by atoms with Crippen LogP contribution in [0.25, 0.3) is 0 Å². The Bertz CT molecular complexity index is 1210. The Hall–Kier alpha value is -2.24. The molecule has 6 nitrogen and oxygen atoms in total. The van der Waals surface area contributed by atoms with Crippen molar-refractivity contribution >= 4 is 47.3 Å². The zero-order chi connectivity index (χ0) is 31.6. The lowest BCUT2D eigenvalue weighted by Gasteiger charge is -2.47. The van der Waals surface area contributed by atoms with E-state index in [1.54, 1.807) is 7.11 Å². The Morgan fingerprint density at radius 1 is 0.860 bits per heavy atom. The predicted octanol–water partition coefficient (Wildman–Crippen LogP) is 6.56. The fourth-order valence-corrected chi connectivity index (χ4v) is 10.6. The van der Waals surface area contributed by atoms with Gasteiger partial charge >= 0.3 is 5.97 Å². The monoisotopic (exact) mass is 718 g/mol. The van der Waals surface area contributed by atoms with E-state index in [0.29, 0.717) is 13.2 Å². The molecule has 43 heavy (non-hydrogen) atoms. The van der Waals surface area contributed by atoms with Gasteiger partial charge in [-0.15, -0.1) is 0 Å². The average molecular weight is 719 g/mol. The average Bonchev–Trinajstić information content (AvgIpc) is 3.00. The highest BCUT2D eigenvalue weighted by Gasteiger charge is 2.52. The van der Waals surface area contributed by atoms with Crippen LogP contribution in [0, 0.1) is 5.92 Å². The third-order valence-electron chi connectivity index (χ3n) is 8.04. The zero-order valence-corrected chi connectivity index (χ0v) is 29.9. The first-order chi connectivity index (χ1) is 20.6. The van der Waals surface area contributed by atoms with Gasteiger partial charge in [0, 0.05) is 12.8 Å². The molecule has 0 spiro atoms. The van der Waals surface area contributed by atoms with Crippen molar-refractivity contribution in [1.29, 1.82) is 0 Å². The first kappa shape index (κ1) is 35.2. The number of hydrogen-bond donors (Lipinski definition) is 0. The third-order valence-corrected chi connectivity index (χ3v) is 13.0. The summed E-state index contributed by atoms with van der Waals surface area (Å²) in [5.41, 5.74) is 1.03. The van der Waals surface area contributed by atoms with Crippen LogP contribution in [0.5, 0.6) is 5.75 Å². The Kier molecular flexibility index (Phi) is 13.3. The van der Waals surface area contributed by atoms with Crippen molar-refractivity contribution in [3.63, 3.8) is 0 Å². The van der Waals surface area contributed by atoms with Gasteiger partial charge < -0.3 is 23.4 Å². The molecule has 1 aliphatic heterocycles. The molecule has 3 aromatic carbocycles. The van der Waals surface area contributed by atoms with Gasteiger partial charge in [0.2, 0.25) is 0 Å². The molecule has 0 bridgehead atoms. The Labute approximate surface area is 272 Å². The van der Waals surface area contributed by atoms with Gasteiger partial charge in [-0.2, -0.15) is 0 Å². The highest BCUT2D eigenvalue weighted by molar-refractivity contribution is 14.1. The normalized spacial score (nSPS) is 22.2. The number of carbonyl (C=O) groups is 1. The highest BCUT2D eigenvalue weighted by Crippen LogP contribution is 2.38. The second-order valence-electron chi connectivity index (χ2n) is 11.9. The van der Waals surface area contributed by atoms with E-state index in [1.807, 2.05) is 48.3 Å². The van der Waals surface area contributed by atoms with Crippen molar-refractivity contribution in [3.8, 4) is 5.75 Å². The highest BCUT2D eigenvalue weighted by atomic mass is 127. The largest absolute Gasteiger partial charge is 0.497 e. The molecule has 0 amide bonds. The molecule has 3 aromatic rings. The van der Waals surface area contributed by atoms with Crippen LogP contribution >= 0.6 is 22.6 Å². The van der Waals surface area contributed by atoms with Crippen molar-refractivity contribution in [1.82, 2.24) is 0 Å².